The lowest BCUT2D eigenvalue weighted by atomic mass is 9.98. The van der Waals surface area contributed by atoms with Crippen molar-refractivity contribution in [1.29, 1.82) is 0 Å². The van der Waals surface area contributed by atoms with Gasteiger partial charge in [0.05, 0.1) is 22.1 Å². The van der Waals surface area contributed by atoms with E-state index in [1.165, 1.54) is 55.3 Å². The summed E-state index contributed by atoms with van der Waals surface area (Å²) in [6.45, 7) is 0. The fraction of sp³-hybridized carbons (Fsp3) is 0. The molecule has 14 aromatic rings. The first-order chi connectivity index (χ1) is 39.6. The molecule has 0 fully saturated rings. The molecule has 2 aromatic heterocycles. The van der Waals surface area contributed by atoms with Crippen LogP contribution in [0.5, 0.6) is 0 Å². The highest BCUT2D eigenvalue weighted by Crippen LogP contribution is 2.44. The molecule has 80 heavy (non-hydrogen) atoms. The zero-order valence-electron chi connectivity index (χ0n) is 44.1. The topological polar surface area (TPSA) is 9.86 Å². The minimum absolute atomic E-state index is 1.10. The van der Waals surface area contributed by atoms with Gasteiger partial charge < -0.3 is 9.13 Å². The van der Waals surface area contributed by atoms with E-state index in [-0.39, 0.29) is 0 Å². The molecule has 376 valence electrons. The Morgan fingerprint density at radius 2 is 0.450 bits per heavy atom. The van der Waals surface area contributed by atoms with Gasteiger partial charge >= 0.3 is 0 Å². The van der Waals surface area contributed by atoms with Crippen LogP contribution in [0.2, 0.25) is 0 Å². The molecule has 0 atom stereocenters. The minimum Gasteiger partial charge on any atom is -0.307 e. The summed E-state index contributed by atoms with van der Waals surface area (Å²) >= 11 is 0. The lowest BCUT2D eigenvalue weighted by Crippen LogP contribution is -1.95. The number of hydrogen-bond acceptors (Lipinski definition) is 0. The van der Waals surface area contributed by atoms with E-state index in [4.69, 9.17) is 0 Å². The number of hydrogen-bond donors (Lipinski definition) is 0. The first kappa shape index (κ1) is 47.9. The first-order valence-electron chi connectivity index (χ1n) is 27.5. The Bertz CT molecular complexity index is 4280. The summed E-state index contributed by atoms with van der Waals surface area (Å²) in [4.78, 5) is 0. The van der Waals surface area contributed by atoms with E-state index in [1.807, 2.05) is 0 Å². The second-order valence-corrected chi connectivity index (χ2v) is 20.6. The Morgan fingerprint density at radius 1 is 0.188 bits per heavy atom. The highest BCUT2D eigenvalue weighted by atomic mass is 15.1. The second kappa shape index (κ2) is 21.1. The van der Waals surface area contributed by atoms with Crippen LogP contribution in [0.15, 0.2) is 303 Å². The SMILES string of the molecule is C(=C\c1ccc(-c2ccc3c(c2)n(-c2cccc(-c4cccc(-c5ccccc5)c4)c2)c2c4ccc(-c5ccc(/C=C/c6ccccc6)cc5)cc4n(-c4cccc(-c5cccc(-c6ccccc6)c5)c4)c32)cc1)/c1ccccc1. The zero-order chi connectivity index (χ0) is 53.2. The molecule has 0 aliphatic carbocycles. The molecule has 0 saturated carbocycles. The average Bonchev–Trinajstić information content (AvgIpc) is 4.28. The maximum atomic E-state index is 2.52. The smallest absolute Gasteiger partial charge is 0.0803 e. The van der Waals surface area contributed by atoms with Gasteiger partial charge in [0, 0.05) is 22.1 Å². The van der Waals surface area contributed by atoms with Gasteiger partial charge in [0.1, 0.15) is 0 Å². The molecule has 2 heterocycles. The van der Waals surface area contributed by atoms with Crippen LogP contribution in [0.3, 0.4) is 0 Å². The molecule has 0 radical (unpaired) electrons. The maximum absolute atomic E-state index is 2.52. The molecule has 0 aliphatic rings. The Balaban J connectivity index is 0.973. The third kappa shape index (κ3) is 9.46. The molecule has 0 spiro atoms. The fourth-order valence-electron chi connectivity index (χ4n) is 11.4. The number of aromatic nitrogens is 2. The van der Waals surface area contributed by atoms with Crippen LogP contribution in [0, 0.1) is 0 Å². The molecule has 0 amide bonds. The monoisotopic (exact) mass is 1020 g/mol. The van der Waals surface area contributed by atoms with Crippen LogP contribution in [0.4, 0.5) is 0 Å². The van der Waals surface area contributed by atoms with Crippen molar-refractivity contribution in [3.63, 3.8) is 0 Å². The van der Waals surface area contributed by atoms with Crippen molar-refractivity contribution >= 4 is 57.1 Å². The van der Waals surface area contributed by atoms with Crippen LogP contribution >= 0.6 is 0 Å². The standard InChI is InChI=1S/C78H54N2/c1-5-17-55(18-6-1)33-35-57-37-41-61(42-38-57)69-45-47-73-75(53-69)79(71-31-15-29-67(51-71)65-27-13-25-63(49-65)59-21-9-3-10-22-59)78-74-48-46-70(62-43-39-58(40-44-62)36-34-56-19-7-2-8-20-56)54-76(74)80(77(73)78)72-32-16-30-68(52-72)66-28-14-26-64(50-66)60-23-11-4-12-24-60/h1-54H/b35-33+,36-34+. The van der Waals surface area contributed by atoms with Gasteiger partial charge in [-0.2, -0.15) is 0 Å². The van der Waals surface area contributed by atoms with Crippen LogP contribution < -0.4 is 0 Å². The van der Waals surface area contributed by atoms with Crippen molar-refractivity contribution in [3.05, 3.63) is 326 Å². The lowest BCUT2D eigenvalue weighted by Gasteiger charge is -2.13. The molecule has 2 heteroatoms. The predicted octanol–water partition coefficient (Wildman–Crippen LogP) is 21.1. The normalized spacial score (nSPS) is 11.7. The largest absolute Gasteiger partial charge is 0.307 e. The fourth-order valence-corrected chi connectivity index (χ4v) is 11.4. The van der Waals surface area contributed by atoms with Gasteiger partial charge in [-0.3, -0.25) is 0 Å². The third-order valence-electron chi connectivity index (χ3n) is 15.5. The summed E-state index contributed by atoms with van der Waals surface area (Å²) in [7, 11) is 0. The number of benzene rings is 12. The van der Waals surface area contributed by atoms with Gasteiger partial charge in [-0.05, 0) is 138 Å². The molecule has 2 nitrogen and oxygen atoms in total. The zero-order valence-corrected chi connectivity index (χ0v) is 44.1. The predicted molar refractivity (Wildman–Crippen MR) is 341 cm³/mol. The van der Waals surface area contributed by atoms with Gasteiger partial charge in [0.15, 0.2) is 0 Å². The Labute approximate surface area is 467 Å². The molecule has 0 unspecified atom stereocenters. The van der Waals surface area contributed by atoms with Crippen LogP contribution in [0.1, 0.15) is 22.3 Å². The van der Waals surface area contributed by atoms with E-state index in [0.29, 0.717) is 0 Å². The Morgan fingerprint density at radius 3 is 0.825 bits per heavy atom. The molecule has 0 aliphatic heterocycles. The molecule has 14 rings (SSSR count). The summed E-state index contributed by atoms with van der Waals surface area (Å²) in [5, 5.41) is 2.35. The van der Waals surface area contributed by atoms with E-state index in [9.17, 15) is 0 Å². The quantitative estimate of drug-likeness (QED) is 0.108. The summed E-state index contributed by atoms with van der Waals surface area (Å²) in [6, 6.07) is 110. The molecular weight excluding hydrogens is 965 g/mol. The second-order valence-electron chi connectivity index (χ2n) is 20.6. The van der Waals surface area contributed by atoms with Gasteiger partial charge in [-0.25, -0.2) is 0 Å². The maximum Gasteiger partial charge on any atom is 0.0803 e. The van der Waals surface area contributed by atoms with Gasteiger partial charge in [-0.1, -0.05) is 279 Å². The van der Waals surface area contributed by atoms with Crippen molar-refractivity contribution < 1.29 is 0 Å². The van der Waals surface area contributed by atoms with E-state index >= 15 is 0 Å². The first-order valence-corrected chi connectivity index (χ1v) is 27.5. The van der Waals surface area contributed by atoms with Crippen molar-refractivity contribution in [1.82, 2.24) is 9.13 Å². The number of rotatable bonds is 12. The van der Waals surface area contributed by atoms with E-state index in [1.54, 1.807) is 0 Å². The number of fused-ring (bicyclic) bond motifs is 5. The van der Waals surface area contributed by atoms with Crippen molar-refractivity contribution in [3.8, 4) is 78.1 Å². The average molecular weight is 1020 g/mol. The molecule has 0 bridgehead atoms. The van der Waals surface area contributed by atoms with Crippen LogP contribution in [0.25, 0.3) is 135 Å². The van der Waals surface area contributed by atoms with Crippen LogP contribution in [-0.4, -0.2) is 9.13 Å². The summed E-state index contributed by atoms with van der Waals surface area (Å²) in [6.07, 6.45) is 8.72. The molecule has 0 N–H and O–H groups in total. The van der Waals surface area contributed by atoms with Crippen molar-refractivity contribution in [2.75, 3.05) is 0 Å². The van der Waals surface area contributed by atoms with Gasteiger partial charge in [-0.15, -0.1) is 0 Å². The number of nitrogens with zero attached hydrogens (tertiary/aromatic N) is 2. The van der Waals surface area contributed by atoms with E-state index in [0.717, 1.165) is 77.9 Å². The summed E-state index contributed by atoms with van der Waals surface area (Å²) in [5.74, 6) is 0. The van der Waals surface area contributed by atoms with Gasteiger partial charge in [0.2, 0.25) is 0 Å². The highest BCUT2D eigenvalue weighted by molar-refractivity contribution is 6.21. The molecule has 12 aromatic carbocycles. The van der Waals surface area contributed by atoms with E-state index < -0.39 is 0 Å². The third-order valence-corrected chi connectivity index (χ3v) is 15.5. The molecular formula is C78H54N2. The Hall–Kier alpha value is -10.5. The van der Waals surface area contributed by atoms with Gasteiger partial charge in [0.25, 0.3) is 0 Å². The summed E-state index contributed by atoms with van der Waals surface area (Å²) < 4.78 is 5.05. The Kier molecular flexibility index (Phi) is 12.6. The summed E-state index contributed by atoms with van der Waals surface area (Å²) in [5.41, 5.74) is 25.6. The minimum atomic E-state index is 1.10. The van der Waals surface area contributed by atoms with Crippen LogP contribution in [-0.2, 0) is 0 Å². The highest BCUT2D eigenvalue weighted by Gasteiger charge is 2.24. The molecule has 0 saturated heterocycles. The van der Waals surface area contributed by atoms with E-state index in [2.05, 4.69) is 337 Å². The van der Waals surface area contributed by atoms with Crippen molar-refractivity contribution in [2.24, 2.45) is 0 Å². The van der Waals surface area contributed by atoms with Crippen molar-refractivity contribution in [2.45, 2.75) is 0 Å². The lowest BCUT2D eigenvalue weighted by molar-refractivity contribution is 1.17.